The van der Waals surface area contributed by atoms with Crippen molar-refractivity contribution in [2.45, 2.75) is 19.4 Å². The van der Waals surface area contributed by atoms with Gasteiger partial charge < -0.3 is 10.2 Å². The predicted molar refractivity (Wildman–Crippen MR) is 97.0 cm³/mol. The molecule has 1 amide bonds. The Hall–Kier alpha value is -3.15. The second kappa shape index (κ2) is 6.39. The Balaban J connectivity index is 1.61. The number of benzene rings is 2. The van der Waals surface area contributed by atoms with Crippen molar-refractivity contribution in [1.82, 2.24) is 14.8 Å². The van der Waals surface area contributed by atoms with Crippen molar-refractivity contribution < 1.29 is 4.79 Å². The number of amides is 1. The van der Waals surface area contributed by atoms with E-state index in [0.717, 1.165) is 24.3 Å². The van der Waals surface area contributed by atoms with E-state index in [4.69, 9.17) is 0 Å². The van der Waals surface area contributed by atoms with Crippen LogP contribution in [0, 0.1) is 0 Å². The molecule has 4 rings (SSSR count). The van der Waals surface area contributed by atoms with Crippen LogP contribution in [0.2, 0.25) is 0 Å². The van der Waals surface area contributed by atoms with Crippen LogP contribution in [0.4, 0.5) is 17.1 Å². The van der Waals surface area contributed by atoms with E-state index in [1.807, 2.05) is 30.3 Å². The van der Waals surface area contributed by atoms with Crippen LogP contribution in [0.5, 0.6) is 0 Å². The molecular weight excluding hydrogens is 314 g/mol. The standard InChI is InChI=1S/C19H19N5O/c1-14(24-13-20-12-21-24)19(25)22-16-7-3-5-9-18(16)23-11-10-15-6-2-4-8-17(15)23/h2-9,12-14H,10-11H2,1H3,(H,22,25)/t14-/m1/s1. The molecule has 2 heterocycles. The molecule has 6 heteroatoms. The van der Waals surface area contributed by atoms with E-state index in [2.05, 4.69) is 38.5 Å². The van der Waals surface area contributed by atoms with Crippen molar-refractivity contribution in [2.24, 2.45) is 0 Å². The van der Waals surface area contributed by atoms with Crippen LogP contribution in [0.25, 0.3) is 0 Å². The number of para-hydroxylation sites is 3. The minimum atomic E-state index is -0.429. The number of fused-ring (bicyclic) bond motifs is 1. The summed E-state index contributed by atoms with van der Waals surface area (Å²) < 4.78 is 1.54. The number of rotatable bonds is 4. The summed E-state index contributed by atoms with van der Waals surface area (Å²) in [6.45, 7) is 2.71. The summed E-state index contributed by atoms with van der Waals surface area (Å²) in [5.41, 5.74) is 4.34. The molecule has 1 N–H and O–H groups in total. The highest BCUT2D eigenvalue weighted by Gasteiger charge is 2.23. The first-order chi connectivity index (χ1) is 12.2. The summed E-state index contributed by atoms with van der Waals surface area (Å²) in [5, 5.41) is 7.08. The number of carbonyl (C=O) groups excluding carboxylic acids is 1. The Bertz CT molecular complexity index is 890. The highest BCUT2D eigenvalue weighted by atomic mass is 16.2. The summed E-state index contributed by atoms with van der Waals surface area (Å²) in [5.74, 6) is -0.120. The lowest BCUT2D eigenvalue weighted by Crippen LogP contribution is -2.25. The van der Waals surface area contributed by atoms with E-state index in [1.165, 1.54) is 17.6 Å². The number of nitrogens with one attached hydrogen (secondary N) is 1. The van der Waals surface area contributed by atoms with Gasteiger partial charge in [-0.2, -0.15) is 5.10 Å². The number of anilines is 3. The van der Waals surface area contributed by atoms with Gasteiger partial charge in [0.05, 0.1) is 11.4 Å². The topological polar surface area (TPSA) is 63.1 Å². The molecule has 0 saturated heterocycles. The quantitative estimate of drug-likeness (QED) is 0.796. The maximum absolute atomic E-state index is 12.6. The van der Waals surface area contributed by atoms with Crippen LogP contribution < -0.4 is 10.2 Å². The number of aromatic nitrogens is 3. The Labute approximate surface area is 146 Å². The van der Waals surface area contributed by atoms with Gasteiger partial charge in [-0.05, 0) is 37.1 Å². The lowest BCUT2D eigenvalue weighted by Gasteiger charge is -2.23. The summed E-state index contributed by atoms with van der Waals surface area (Å²) in [6, 6.07) is 15.9. The predicted octanol–water partition coefficient (Wildman–Crippen LogP) is 3.17. The van der Waals surface area contributed by atoms with Crippen LogP contribution >= 0.6 is 0 Å². The SMILES string of the molecule is C[C@H](C(=O)Nc1ccccc1N1CCc2ccccc21)n1cncn1. The summed E-state index contributed by atoms with van der Waals surface area (Å²) in [7, 11) is 0. The molecule has 3 aromatic rings. The van der Waals surface area contributed by atoms with Crippen molar-refractivity contribution in [2.75, 3.05) is 16.8 Å². The molecule has 1 atom stereocenters. The molecule has 0 aliphatic carbocycles. The first-order valence-electron chi connectivity index (χ1n) is 8.33. The molecule has 0 saturated carbocycles. The van der Waals surface area contributed by atoms with Crippen molar-refractivity contribution in [3.8, 4) is 0 Å². The van der Waals surface area contributed by atoms with Crippen molar-refractivity contribution in [3.63, 3.8) is 0 Å². The van der Waals surface area contributed by atoms with Crippen LogP contribution in [0.15, 0.2) is 61.2 Å². The number of carbonyl (C=O) groups is 1. The number of hydrogen-bond donors (Lipinski definition) is 1. The Kier molecular flexibility index (Phi) is 3.93. The highest BCUT2D eigenvalue weighted by molar-refractivity contribution is 5.97. The molecule has 0 fully saturated rings. The van der Waals surface area contributed by atoms with Gasteiger partial charge in [-0.25, -0.2) is 9.67 Å². The zero-order valence-corrected chi connectivity index (χ0v) is 14.0. The minimum Gasteiger partial charge on any atom is -0.339 e. The molecule has 0 radical (unpaired) electrons. The van der Waals surface area contributed by atoms with Gasteiger partial charge in [0.1, 0.15) is 18.7 Å². The van der Waals surface area contributed by atoms with E-state index in [0.29, 0.717) is 0 Å². The van der Waals surface area contributed by atoms with Gasteiger partial charge in [0.15, 0.2) is 0 Å². The monoisotopic (exact) mass is 333 g/mol. The van der Waals surface area contributed by atoms with Gasteiger partial charge in [0.25, 0.3) is 0 Å². The lowest BCUT2D eigenvalue weighted by molar-refractivity contribution is -0.119. The zero-order valence-electron chi connectivity index (χ0n) is 14.0. The van der Waals surface area contributed by atoms with E-state index in [1.54, 1.807) is 17.9 Å². The molecule has 2 aromatic carbocycles. The van der Waals surface area contributed by atoms with E-state index >= 15 is 0 Å². The molecule has 1 aromatic heterocycles. The van der Waals surface area contributed by atoms with Gasteiger partial charge in [0.2, 0.25) is 5.91 Å². The molecule has 0 spiro atoms. The minimum absolute atomic E-state index is 0.120. The third-order valence-electron chi connectivity index (χ3n) is 4.55. The Morgan fingerprint density at radius 2 is 1.88 bits per heavy atom. The summed E-state index contributed by atoms with van der Waals surface area (Å²) >= 11 is 0. The first kappa shape index (κ1) is 15.4. The van der Waals surface area contributed by atoms with Gasteiger partial charge >= 0.3 is 0 Å². The average Bonchev–Trinajstić information content (AvgIpc) is 3.31. The third-order valence-corrected chi connectivity index (χ3v) is 4.55. The normalized spacial score (nSPS) is 14.2. The Morgan fingerprint density at radius 1 is 1.12 bits per heavy atom. The third kappa shape index (κ3) is 2.87. The fourth-order valence-electron chi connectivity index (χ4n) is 3.18. The molecule has 0 bridgehead atoms. The van der Waals surface area contributed by atoms with Crippen LogP contribution in [0.1, 0.15) is 18.5 Å². The second-order valence-electron chi connectivity index (χ2n) is 6.09. The maximum Gasteiger partial charge on any atom is 0.249 e. The second-order valence-corrected chi connectivity index (χ2v) is 6.09. The van der Waals surface area contributed by atoms with E-state index in [-0.39, 0.29) is 5.91 Å². The van der Waals surface area contributed by atoms with Crippen molar-refractivity contribution in [1.29, 1.82) is 0 Å². The number of hydrogen-bond acceptors (Lipinski definition) is 4. The molecule has 6 nitrogen and oxygen atoms in total. The van der Waals surface area contributed by atoms with Crippen LogP contribution in [-0.4, -0.2) is 27.2 Å². The number of nitrogens with zero attached hydrogens (tertiary/aromatic N) is 4. The molecular formula is C19H19N5O. The van der Waals surface area contributed by atoms with Crippen molar-refractivity contribution in [3.05, 3.63) is 66.7 Å². The fraction of sp³-hybridized carbons (Fsp3) is 0.211. The zero-order chi connectivity index (χ0) is 17.2. The molecule has 1 aliphatic heterocycles. The van der Waals surface area contributed by atoms with E-state index < -0.39 is 6.04 Å². The largest absolute Gasteiger partial charge is 0.339 e. The van der Waals surface area contributed by atoms with Crippen LogP contribution in [-0.2, 0) is 11.2 Å². The molecule has 126 valence electrons. The maximum atomic E-state index is 12.6. The lowest BCUT2D eigenvalue weighted by atomic mass is 10.1. The average molecular weight is 333 g/mol. The van der Waals surface area contributed by atoms with Gasteiger partial charge in [-0.1, -0.05) is 30.3 Å². The van der Waals surface area contributed by atoms with E-state index in [9.17, 15) is 4.79 Å². The molecule has 0 unspecified atom stereocenters. The highest BCUT2D eigenvalue weighted by Crippen LogP contribution is 2.38. The molecule has 25 heavy (non-hydrogen) atoms. The smallest absolute Gasteiger partial charge is 0.249 e. The summed E-state index contributed by atoms with van der Waals surface area (Å²) in [6.07, 6.45) is 3.99. The van der Waals surface area contributed by atoms with Crippen LogP contribution in [0.3, 0.4) is 0 Å². The first-order valence-corrected chi connectivity index (χ1v) is 8.33. The molecule has 1 aliphatic rings. The Morgan fingerprint density at radius 3 is 2.68 bits per heavy atom. The van der Waals surface area contributed by atoms with Gasteiger partial charge in [-0.3, -0.25) is 4.79 Å². The summed E-state index contributed by atoms with van der Waals surface area (Å²) in [4.78, 5) is 18.8. The fourth-order valence-corrected chi connectivity index (χ4v) is 3.18. The van der Waals surface area contributed by atoms with Gasteiger partial charge in [0, 0.05) is 12.2 Å². The van der Waals surface area contributed by atoms with Gasteiger partial charge in [-0.15, -0.1) is 0 Å². The van der Waals surface area contributed by atoms with Crippen molar-refractivity contribution >= 4 is 23.0 Å².